The van der Waals surface area contributed by atoms with Crippen molar-refractivity contribution in [2.45, 2.75) is 0 Å². The Balaban J connectivity index is 0.00000169. The van der Waals surface area contributed by atoms with Crippen molar-refractivity contribution in [2.24, 2.45) is 0 Å². The van der Waals surface area contributed by atoms with E-state index in [0.717, 1.165) is 16.6 Å². The highest BCUT2D eigenvalue weighted by Crippen LogP contribution is 2.29. The molecule has 24 heavy (non-hydrogen) atoms. The highest BCUT2D eigenvalue weighted by atomic mass is 35.5. The van der Waals surface area contributed by atoms with Gasteiger partial charge in [-0.25, -0.2) is 14.4 Å². The maximum Gasteiger partial charge on any atom is 0.167 e. The van der Waals surface area contributed by atoms with E-state index in [1.165, 1.54) is 19.5 Å². The van der Waals surface area contributed by atoms with E-state index in [1.807, 2.05) is 30.5 Å². The van der Waals surface area contributed by atoms with Crippen molar-refractivity contribution in [1.82, 2.24) is 15.0 Å². The monoisotopic (exact) mass is 344 g/mol. The molecule has 2 heterocycles. The molecule has 0 aliphatic rings. The first kappa shape index (κ1) is 16.0. The zero-order valence-corrected chi connectivity index (χ0v) is 13.5. The summed E-state index contributed by atoms with van der Waals surface area (Å²) in [6.45, 7) is 0. The Labute approximate surface area is 143 Å². The fraction of sp³-hybridized carbons (Fsp3) is 0.0588. The van der Waals surface area contributed by atoms with E-state index in [4.69, 9.17) is 4.74 Å². The van der Waals surface area contributed by atoms with Crippen LogP contribution in [0.3, 0.4) is 0 Å². The van der Waals surface area contributed by atoms with Crippen molar-refractivity contribution in [3.63, 3.8) is 0 Å². The zero-order valence-electron chi connectivity index (χ0n) is 12.7. The first-order chi connectivity index (χ1) is 11.2. The van der Waals surface area contributed by atoms with E-state index in [0.29, 0.717) is 16.7 Å². The fourth-order valence-corrected chi connectivity index (χ4v) is 2.58. The van der Waals surface area contributed by atoms with Crippen LogP contribution in [0.5, 0.6) is 5.75 Å². The van der Waals surface area contributed by atoms with Gasteiger partial charge in [0.15, 0.2) is 11.6 Å². The van der Waals surface area contributed by atoms with Crippen molar-refractivity contribution >= 4 is 45.7 Å². The Hall–Kier alpha value is -2.86. The molecule has 0 saturated carbocycles. The Morgan fingerprint density at radius 3 is 2.83 bits per heavy atom. The summed E-state index contributed by atoms with van der Waals surface area (Å²) in [4.78, 5) is 11.5. The summed E-state index contributed by atoms with van der Waals surface area (Å²) >= 11 is 0. The maximum atomic E-state index is 13.8. The van der Waals surface area contributed by atoms with Crippen LogP contribution < -0.4 is 10.1 Å². The number of hydrogen-bond donors (Lipinski definition) is 2. The van der Waals surface area contributed by atoms with Crippen LogP contribution in [0.1, 0.15) is 0 Å². The molecule has 2 aromatic heterocycles. The standard InChI is InChI=1S/C17H13FN4O.ClH/c1-23-16-7-12-15(8-13(16)18)20-9-21-17(12)22-11-2-3-14-10(6-11)4-5-19-14;/h2-9,19H,1H3,(H,20,21,22);1H. The van der Waals surface area contributed by atoms with Gasteiger partial charge in [0.05, 0.1) is 12.6 Å². The average Bonchev–Trinajstić information content (AvgIpc) is 3.02. The summed E-state index contributed by atoms with van der Waals surface area (Å²) in [6.07, 6.45) is 3.30. The summed E-state index contributed by atoms with van der Waals surface area (Å²) in [6, 6.07) is 10.9. The number of aromatic amines is 1. The van der Waals surface area contributed by atoms with Gasteiger partial charge in [-0.3, -0.25) is 0 Å². The Morgan fingerprint density at radius 1 is 1.12 bits per heavy atom. The molecule has 4 aromatic rings. The number of halogens is 2. The third-order valence-corrected chi connectivity index (χ3v) is 3.72. The van der Waals surface area contributed by atoms with Crippen LogP contribution in [0.2, 0.25) is 0 Å². The molecule has 2 aromatic carbocycles. The number of rotatable bonds is 3. The van der Waals surface area contributed by atoms with Gasteiger partial charge in [0.25, 0.3) is 0 Å². The zero-order chi connectivity index (χ0) is 15.8. The molecule has 4 rings (SSSR count). The van der Waals surface area contributed by atoms with E-state index >= 15 is 0 Å². The lowest BCUT2D eigenvalue weighted by Gasteiger charge is -2.10. The second-order valence-electron chi connectivity index (χ2n) is 5.13. The second-order valence-corrected chi connectivity index (χ2v) is 5.13. The summed E-state index contributed by atoms with van der Waals surface area (Å²) in [7, 11) is 1.43. The van der Waals surface area contributed by atoms with Gasteiger partial charge in [0.1, 0.15) is 12.1 Å². The molecule has 0 radical (unpaired) electrons. The molecular formula is C17H14ClFN4O. The molecular weight excluding hydrogens is 331 g/mol. The van der Waals surface area contributed by atoms with Crippen LogP contribution in [-0.2, 0) is 0 Å². The molecule has 0 fully saturated rings. The molecule has 7 heteroatoms. The molecule has 2 N–H and O–H groups in total. The highest BCUT2D eigenvalue weighted by molar-refractivity contribution is 5.93. The number of ether oxygens (including phenoxy) is 1. The van der Waals surface area contributed by atoms with E-state index < -0.39 is 5.82 Å². The van der Waals surface area contributed by atoms with Gasteiger partial charge in [-0.2, -0.15) is 0 Å². The topological polar surface area (TPSA) is 62.8 Å². The van der Waals surface area contributed by atoms with Crippen molar-refractivity contribution in [1.29, 1.82) is 0 Å². The predicted octanol–water partition coefficient (Wildman–Crippen LogP) is 4.42. The quantitative estimate of drug-likeness (QED) is 0.577. The number of nitrogens with zero attached hydrogens (tertiary/aromatic N) is 2. The fourth-order valence-electron chi connectivity index (χ4n) is 2.58. The normalized spacial score (nSPS) is 10.6. The number of nitrogens with one attached hydrogen (secondary N) is 2. The molecule has 0 unspecified atom stereocenters. The number of hydrogen-bond acceptors (Lipinski definition) is 4. The average molecular weight is 345 g/mol. The second kappa shape index (κ2) is 6.33. The minimum atomic E-state index is -0.446. The van der Waals surface area contributed by atoms with Gasteiger partial charge in [-0.15, -0.1) is 12.4 Å². The lowest BCUT2D eigenvalue weighted by atomic mass is 10.2. The maximum absolute atomic E-state index is 13.8. The van der Waals surface area contributed by atoms with Crippen LogP contribution in [0, 0.1) is 5.82 Å². The van der Waals surface area contributed by atoms with E-state index in [1.54, 1.807) is 6.07 Å². The SMILES string of the molecule is COc1cc2c(Nc3ccc4[nH]ccc4c3)ncnc2cc1F.Cl. The van der Waals surface area contributed by atoms with E-state index in [9.17, 15) is 4.39 Å². The summed E-state index contributed by atoms with van der Waals surface area (Å²) < 4.78 is 18.9. The largest absolute Gasteiger partial charge is 0.494 e. The lowest BCUT2D eigenvalue weighted by Crippen LogP contribution is -1.97. The van der Waals surface area contributed by atoms with Crippen molar-refractivity contribution in [3.8, 4) is 5.75 Å². The minimum absolute atomic E-state index is 0. The lowest BCUT2D eigenvalue weighted by molar-refractivity contribution is 0.387. The smallest absolute Gasteiger partial charge is 0.167 e. The van der Waals surface area contributed by atoms with Crippen LogP contribution in [0.4, 0.5) is 15.9 Å². The molecule has 5 nitrogen and oxygen atoms in total. The van der Waals surface area contributed by atoms with Gasteiger partial charge in [0, 0.05) is 34.2 Å². The number of benzene rings is 2. The Kier molecular flexibility index (Phi) is 4.22. The Bertz CT molecular complexity index is 1020. The van der Waals surface area contributed by atoms with Gasteiger partial charge < -0.3 is 15.0 Å². The molecule has 122 valence electrons. The first-order valence-electron chi connectivity index (χ1n) is 7.07. The van der Waals surface area contributed by atoms with Crippen molar-refractivity contribution < 1.29 is 9.13 Å². The third-order valence-electron chi connectivity index (χ3n) is 3.72. The molecule has 0 spiro atoms. The number of H-pyrrole nitrogens is 1. The Morgan fingerprint density at radius 2 is 2.00 bits per heavy atom. The van der Waals surface area contributed by atoms with Crippen molar-refractivity contribution in [2.75, 3.05) is 12.4 Å². The van der Waals surface area contributed by atoms with Gasteiger partial charge in [0.2, 0.25) is 0 Å². The van der Waals surface area contributed by atoms with E-state index in [-0.39, 0.29) is 18.2 Å². The van der Waals surface area contributed by atoms with Crippen LogP contribution in [0.25, 0.3) is 21.8 Å². The molecule has 0 atom stereocenters. The van der Waals surface area contributed by atoms with Gasteiger partial charge >= 0.3 is 0 Å². The summed E-state index contributed by atoms with van der Waals surface area (Å²) in [5, 5.41) is 5.05. The molecule has 0 bridgehead atoms. The predicted molar refractivity (Wildman–Crippen MR) is 94.9 cm³/mol. The van der Waals surface area contributed by atoms with Crippen LogP contribution in [-0.4, -0.2) is 22.1 Å². The van der Waals surface area contributed by atoms with Gasteiger partial charge in [-0.1, -0.05) is 0 Å². The van der Waals surface area contributed by atoms with Gasteiger partial charge in [-0.05, 0) is 30.3 Å². The first-order valence-corrected chi connectivity index (χ1v) is 7.07. The summed E-state index contributed by atoms with van der Waals surface area (Å²) in [5.74, 6) is 0.318. The number of aromatic nitrogens is 3. The van der Waals surface area contributed by atoms with Crippen LogP contribution >= 0.6 is 12.4 Å². The minimum Gasteiger partial charge on any atom is -0.494 e. The highest BCUT2D eigenvalue weighted by Gasteiger charge is 2.10. The number of fused-ring (bicyclic) bond motifs is 2. The van der Waals surface area contributed by atoms with Crippen molar-refractivity contribution in [3.05, 3.63) is 54.7 Å². The number of methoxy groups -OCH3 is 1. The molecule has 0 aliphatic carbocycles. The summed E-state index contributed by atoms with van der Waals surface area (Å²) in [5.41, 5.74) is 2.47. The van der Waals surface area contributed by atoms with Crippen LogP contribution in [0.15, 0.2) is 48.9 Å². The number of anilines is 2. The van der Waals surface area contributed by atoms with E-state index in [2.05, 4.69) is 20.3 Å². The molecule has 0 aliphatic heterocycles. The molecule has 0 saturated heterocycles. The third kappa shape index (κ3) is 2.72. The molecule has 0 amide bonds.